The number of hydrogen-bond donors (Lipinski definition) is 0. The van der Waals surface area contributed by atoms with Crippen molar-refractivity contribution in [2.75, 3.05) is 6.61 Å². The van der Waals surface area contributed by atoms with Crippen molar-refractivity contribution in [1.82, 2.24) is 9.19 Å². The number of benzene rings is 1. The van der Waals surface area contributed by atoms with Crippen molar-refractivity contribution in [1.29, 1.82) is 0 Å². The molecule has 2 rings (SSSR count). The number of aromatic nitrogens is 2. The van der Waals surface area contributed by atoms with Gasteiger partial charge >= 0.3 is 0 Å². The fraction of sp³-hybridized carbons (Fsp3) is 0.250. The van der Waals surface area contributed by atoms with Gasteiger partial charge in [0.1, 0.15) is 5.75 Å². The Morgan fingerprint density at radius 2 is 2.21 bits per heavy atom. The summed E-state index contributed by atoms with van der Waals surface area (Å²) in [6.45, 7) is 2.52. The van der Waals surface area contributed by atoms with E-state index in [9.17, 15) is 8.42 Å². The van der Waals surface area contributed by atoms with E-state index >= 15 is 0 Å². The van der Waals surface area contributed by atoms with Crippen LogP contribution in [0.3, 0.4) is 0 Å². The first-order chi connectivity index (χ1) is 9.05. The Morgan fingerprint density at radius 1 is 1.42 bits per heavy atom. The van der Waals surface area contributed by atoms with Gasteiger partial charge in [0.15, 0.2) is 0 Å². The summed E-state index contributed by atoms with van der Waals surface area (Å²) in [6.07, 6.45) is 3.66. The Labute approximate surface area is 120 Å². The highest BCUT2D eigenvalue weighted by Gasteiger charge is 2.18. The molecule has 1 aromatic heterocycles. The first kappa shape index (κ1) is 14.1. The molecule has 102 valence electrons. The molecule has 0 amide bonds. The molecule has 0 saturated heterocycles. The fourth-order valence-electron chi connectivity index (χ4n) is 1.47. The minimum Gasteiger partial charge on any atom is -0.492 e. The van der Waals surface area contributed by atoms with Crippen molar-refractivity contribution in [3.8, 4) is 5.75 Å². The average molecular weight is 345 g/mol. The second-order valence-electron chi connectivity index (χ2n) is 3.82. The lowest BCUT2D eigenvalue weighted by molar-refractivity contribution is 0.314. The molecule has 0 atom stereocenters. The van der Waals surface area contributed by atoms with Gasteiger partial charge in [0.2, 0.25) is 0 Å². The number of halogens is 1. The maximum atomic E-state index is 12.3. The molecule has 0 aliphatic rings. The molecule has 0 radical (unpaired) electrons. The number of ether oxygens (including phenoxy) is 1. The highest BCUT2D eigenvalue weighted by atomic mass is 79.9. The largest absolute Gasteiger partial charge is 0.492 e. The Bertz CT molecular complexity index is 654. The second-order valence-corrected chi connectivity index (χ2v) is 6.47. The van der Waals surface area contributed by atoms with E-state index in [1.54, 1.807) is 12.1 Å². The van der Waals surface area contributed by atoms with Gasteiger partial charge in [-0.3, -0.25) is 0 Å². The first-order valence-corrected chi connectivity index (χ1v) is 7.96. The zero-order valence-corrected chi connectivity index (χ0v) is 12.7. The molecule has 0 saturated carbocycles. The van der Waals surface area contributed by atoms with E-state index in [-0.39, 0.29) is 4.90 Å². The average Bonchev–Trinajstić information content (AvgIpc) is 2.92. The molecule has 0 aliphatic carbocycles. The molecule has 19 heavy (non-hydrogen) atoms. The van der Waals surface area contributed by atoms with Crippen LogP contribution in [0.25, 0.3) is 0 Å². The molecule has 0 spiro atoms. The van der Waals surface area contributed by atoms with E-state index in [1.807, 2.05) is 6.92 Å². The third-order valence-electron chi connectivity index (χ3n) is 2.39. The van der Waals surface area contributed by atoms with E-state index in [1.165, 1.54) is 24.5 Å². The lowest BCUT2D eigenvalue weighted by atomic mass is 10.3. The van der Waals surface area contributed by atoms with Crippen LogP contribution in [0.4, 0.5) is 0 Å². The first-order valence-electron chi connectivity index (χ1n) is 5.73. The predicted molar refractivity (Wildman–Crippen MR) is 74.7 cm³/mol. The van der Waals surface area contributed by atoms with E-state index in [0.29, 0.717) is 12.4 Å². The molecular formula is C12H13BrN2O3S. The third kappa shape index (κ3) is 2.98. The summed E-state index contributed by atoms with van der Waals surface area (Å²) in [7, 11) is -3.66. The van der Waals surface area contributed by atoms with Gasteiger partial charge in [-0.25, -0.2) is 0 Å². The van der Waals surface area contributed by atoms with Gasteiger partial charge in [0.25, 0.3) is 10.0 Å². The Morgan fingerprint density at radius 3 is 2.84 bits per heavy atom. The van der Waals surface area contributed by atoms with Crippen LogP contribution >= 0.6 is 15.9 Å². The molecule has 0 N–H and O–H groups in total. The summed E-state index contributed by atoms with van der Waals surface area (Å²) in [5.41, 5.74) is 0. The number of rotatable bonds is 5. The Hall–Kier alpha value is -1.34. The van der Waals surface area contributed by atoms with Crippen molar-refractivity contribution in [3.05, 3.63) is 41.1 Å². The minimum absolute atomic E-state index is 0.144. The summed E-state index contributed by atoms with van der Waals surface area (Å²) >= 11 is 3.33. The van der Waals surface area contributed by atoms with Gasteiger partial charge in [-0.05, 0) is 40.5 Å². The van der Waals surface area contributed by atoms with Crippen molar-refractivity contribution in [2.45, 2.75) is 18.2 Å². The smallest absolute Gasteiger partial charge is 0.283 e. The van der Waals surface area contributed by atoms with E-state index in [2.05, 4.69) is 21.0 Å². The molecule has 0 bridgehead atoms. The Balaban J connectivity index is 2.41. The lowest BCUT2D eigenvalue weighted by Gasteiger charge is -2.10. The Kier molecular flexibility index (Phi) is 4.26. The molecule has 1 aromatic carbocycles. The summed E-state index contributed by atoms with van der Waals surface area (Å²) in [5, 5.41) is 3.75. The standard InChI is InChI=1S/C12H13BrN2O3S/c1-2-8-18-12-9-10(4-5-11(12)13)19(16,17)15-7-3-6-14-15/h3-7,9H,2,8H2,1H3. The predicted octanol–water partition coefficient (Wildman–Crippen LogP) is 2.67. The quantitative estimate of drug-likeness (QED) is 0.836. The van der Waals surface area contributed by atoms with Gasteiger partial charge < -0.3 is 4.74 Å². The van der Waals surface area contributed by atoms with Crippen LogP contribution < -0.4 is 4.74 Å². The molecule has 0 aliphatic heterocycles. The van der Waals surface area contributed by atoms with E-state index in [4.69, 9.17) is 4.74 Å². The van der Waals surface area contributed by atoms with Crippen molar-refractivity contribution in [3.63, 3.8) is 0 Å². The third-order valence-corrected chi connectivity index (χ3v) is 4.60. The van der Waals surface area contributed by atoms with Gasteiger partial charge in [-0.1, -0.05) is 6.92 Å². The van der Waals surface area contributed by atoms with Gasteiger partial charge in [0, 0.05) is 12.3 Å². The van der Waals surface area contributed by atoms with Crippen molar-refractivity contribution >= 4 is 26.0 Å². The molecule has 2 aromatic rings. The van der Waals surface area contributed by atoms with Crippen LogP contribution in [0, 0.1) is 0 Å². The van der Waals surface area contributed by atoms with Crippen LogP contribution in [-0.4, -0.2) is 24.2 Å². The van der Waals surface area contributed by atoms with Crippen LogP contribution in [0.1, 0.15) is 13.3 Å². The molecule has 5 nitrogen and oxygen atoms in total. The van der Waals surface area contributed by atoms with Crippen molar-refractivity contribution in [2.24, 2.45) is 0 Å². The SMILES string of the molecule is CCCOc1cc(S(=O)(=O)n2cccn2)ccc1Br. The summed E-state index contributed by atoms with van der Waals surface area (Å²) in [6, 6.07) is 6.23. The second kappa shape index (κ2) is 5.75. The monoisotopic (exact) mass is 344 g/mol. The molecular weight excluding hydrogens is 332 g/mol. The molecule has 0 fully saturated rings. The van der Waals surface area contributed by atoms with Gasteiger partial charge in [-0.2, -0.15) is 17.6 Å². The highest BCUT2D eigenvalue weighted by molar-refractivity contribution is 9.10. The zero-order valence-electron chi connectivity index (χ0n) is 10.3. The molecule has 7 heteroatoms. The highest BCUT2D eigenvalue weighted by Crippen LogP contribution is 2.28. The maximum absolute atomic E-state index is 12.3. The maximum Gasteiger partial charge on any atom is 0.283 e. The van der Waals surface area contributed by atoms with Gasteiger partial charge in [0.05, 0.1) is 22.2 Å². The molecule has 0 unspecified atom stereocenters. The number of hydrogen-bond acceptors (Lipinski definition) is 4. The van der Waals surface area contributed by atoms with Crippen LogP contribution in [0.5, 0.6) is 5.75 Å². The van der Waals surface area contributed by atoms with Gasteiger partial charge in [-0.15, -0.1) is 0 Å². The fourth-order valence-corrected chi connectivity index (χ4v) is 2.95. The lowest BCUT2D eigenvalue weighted by Crippen LogP contribution is -2.13. The minimum atomic E-state index is -3.66. The van der Waals surface area contributed by atoms with E-state index < -0.39 is 10.0 Å². The molecule has 1 heterocycles. The summed E-state index contributed by atoms with van der Waals surface area (Å²) in [5.74, 6) is 0.509. The zero-order chi connectivity index (χ0) is 13.9. The topological polar surface area (TPSA) is 61.2 Å². The van der Waals surface area contributed by atoms with Crippen LogP contribution in [0.15, 0.2) is 46.0 Å². The van der Waals surface area contributed by atoms with Crippen LogP contribution in [0.2, 0.25) is 0 Å². The van der Waals surface area contributed by atoms with E-state index in [0.717, 1.165) is 15.0 Å². The van der Waals surface area contributed by atoms with Crippen molar-refractivity contribution < 1.29 is 13.2 Å². The normalized spacial score (nSPS) is 11.5. The van der Waals surface area contributed by atoms with Crippen LogP contribution in [-0.2, 0) is 10.0 Å². The number of nitrogens with zero attached hydrogens (tertiary/aromatic N) is 2. The summed E-state index contributed by atoms with van der Waals surface area (Å²) < 4.78 is 31.7. The summed E-state index contributed by atoms with van der Waals surface area (Å²) in [4.78, 5) is 0.144.